The fourth-order valence-electron chi connectivity index (χ4n) is 3.30. The minimum absolute atomic E-state index is 0.1000. The number of aryl methyl sites for hydroxylation is 2. The van der Waals surface area contributed by atoms with Gasteiger partial charge in [-0.3, -0.25) is 4.79 Å². The van der Waals surface area contributed by atoms with Crippen molar-refractivity contribution in [2.24, 2.45) is 0 Å². The van der Waals surface area contributed by atoms with Crippen molar-refractivity contribution in [3.63, 3.8) is 0 Å². The summed E-state index contributed by atoms with van der Waals surface area (Å²) in [5, 5.41) is 10.9. The van der Waals surface area contributed by atoms with Gasteiger partial charge in [-0.15, -0.1) is 0 Å². The molecule has 0 aliphatic carbocycles. The van der Waals surface area contributed by atoms with E-state index in [0.717, 1.165) is 16.7 Å². The molecule has 0 atom stereocenters. The van der Waals surface area contributed by atoms with Crippen molar-refractivity contribution >= 4 is 11.0 Å². The van der Waals surface area contributed by atoms with E-state index in [1.54, 1.807) is 31.4 Å². The van der Waals surface area contributed by atoms with Gasteiger partial charge in [0.1, 0.15) is 12.2 Å². The first kappa shape index (κ1) is 19.6. The molecule has 0 amide bonds. The molecule has 0 spiro atoms. The molecule has 5 heteroatoms. The number of fused-ring (bicyclic) bond motifs is 1. The number of ether oxygens (including phenoxy) is 2. The number of aromatic hydroxyl groups is 1. The van der Waals surface area contributed by atoms with E-state index in [1.165, 1.54) is 0 Å². The lowest BCUT2D eigenvalue weighted by molar-refractivity contribution is 0.284. The SMILES string of the molecule is COc1ccc(-c2oc3cc(C)c(C)cc3c(=O)c2O)cc1OCc1ccccc1. The third-order valence-corrected chi connectivity index (χ3v) is 5.15. The molecule has 0 aliphatic heterocycles. The van der Waals surface area contributed by atoms with Crippen molar-refractivity contribution in [1.29, 1.82) is 0 Å². The van der Waals surface area contributed by atoms with Crippen molar-refractivity contribution in [2.45, 2.75) is 20.5 Å². The Labute approximate surface area is 174 Å². The standard InChI is InChI=1S/C25H22O5/c1-15-11-19-21(12-16(15)2)30-25(24(27)23(19)26)18-9-10-20(28-3)22(13-18)29-14-17-7-5-4-6-8-17/h4-13,27H,14H2,1-3H3. The van der Waals surface area contributed by atoms with Crippen LogP contribution in [0.1, 0.15) is 16.7 Å². The summed E-state index contributed by atoms with van der Waals surface area (Å²) in [7, 11) is 1.56. The predicted octanol–water partition coefficient (Wildman–Crippen LogP) is 5.37. The largest absolute Gasteiger partial charge is 0.502 e. The highest BCUT2D eigenvalue weighted by atomic mass is 16.5. The fraction of sp³-hybridized carbons (Fsp3) is 0.160. The maximum Gasteiger partial charge on any atom is 0.235 e. The number of methoxy groups -OCH3 is 1. The van der Waals surface area contributed by atoms with Gasteiger partial charge in [-0.05, 0) is 60.9 Å². The molecular formula is C25H22O5. The van der Waals surface area contributed by atoms with E-state index >= 15 is 0 Å². The topological polar surface area (TPSA) is 68.9 Å². The second kappa shape index (κ2) is 7.95. The van der Waals surface area contributed by atoms with Crippen LogP contribution in [0.25, 0.3) is 22.3 Å². The highest BCUT2D eigenvalue weighted by molar-refractivity contribution is 5.83. The van der Waals surface area contributed by atoms with Crippen LogP contribution in [0.3, 0.4) is 0 Å². The van der Waals surface area contributed by atoms with E-state index in [9.17, 15) is 9.90 Å². The van der Waals surface area contributed by atoms with Gasteiger partial charge in [-0.2, -0.15) is 0 Å². The number of benzene rings is 3. The van der Waals surface area contributed by atoms with Crippen LogP contribution in [0.4, 0.5) is 0 Å². The molecule has 5 nitrogen and oxygen atoms in total. The maximum atomic E-state index is 12.7. The second-order valence-electron chi connectivity index (χ2n) is 7.18. The zero-order valence-corrected chi connectivity index (χ0v) is 17.1. The van der Waals surface area contributed by atoms with Crippen LogP contribution in [-0.2, 0) is 6.61 Å². The van der Waals surface area contributed by atoms with E-state index < -0.39 is 11.2 Å². The quantitative estimate of drug-likeness (QED) is 0.486. The van der Waals surface area contributed by atoms with Gasteiger partial charge in [0.05, 0.1) is 12.5 Å². The molecule has 152 valence electrons. The van der Waals surface area contributed by atoms with Crippen molar-refractivity contribution in [3.05, 3.63) is 87.6 Å². The molecule has 0 aliphatic rings. The van der Waals surface area contributed by atoms with Gasteiger partial charge < -0.3 is 19.0 Å². The van der Waals surface area contributed by atoms with Gasteiger partial charge in [0, 0.05) is 5.56 Å². The monoisotopic (exact) mass is 402 g/mol. The molecule has 0 bridgehead atoms. The molecule has 1 heterocycles. The van der Waals surface area contributed by atoms with E-state index in [0.29, 0.717) is 34.6 Å². The van der Waals surface area contributed by atoms with Crippen LogP contribution in [0.2, 0.25) is 0 Å². The van der Waals surface area contributed by atoms with E-state index in [2.05, 4.69) is 0 Å². The minimum atomic E-state index is -0.461. The number of hydrogen-bond donors (Lipinski definition) is 1. The van der Waals surface area contributed by atoms with Crippen molar-refractivity contribution < 1.29 is 19.0 Å². The number of rotatable bonds is 5. The normalized spacial score (nSPS) is 10.9. The first-order chi connectivity index (χ1) is 14.5. The third kappa shape index (κ3) is 3.62. The van der Waals surface area contributed by atoms with Gasteiger partial charge in [0.25, 0.3) is 0 Å². The van der Waals surface area contributed by atoms with Crippen LogP contribution in [0.15, 0.2) is 69.9 Å². The smallest absolute Gasteiger partial charge is 0.235 e. The Morgan fingerprint density at radius 3 is 2.40 bits per heavy atom. The van der Waals surface area contributed by atoms with E-state index in [4.69, 9.17) is 13.9 Å². The van der Waals surface area contributed by atoms with Crippen LogP contribution in [0, 0.1) is 13.8 Å². The first-order valence-corrected chi connectivity index (χ1v) is 9.60. The summed E-state index contributed by atoms with van der Waals surface area (Å²) in [4.78, 5) is 12.7. The molecule has 0 saturated carbocycles. The fourth-order valence-corrected chi connectivity index (χ4v) is 3.30. The average molecular weight is 402 g/mol. The van der Waals surface area contributed by atoms with E-state index in [-0.39, 0.29) is 5.76 Å². The molecule has 1 N–H and O–H groups in total. The Morgan fingerprint density at radius 2 is 1.67 bits per heavy atom. The average Bonchev–Trinajstić information content (AvgIpc) is 2.77. The molecule has 1 aromatic heterocycles. The van der Waals surface area contributed by atoms with Crippen LogP contribution >= 0.6 is 0 Å². The van der Waals surface area contributed by atoms with Gasteiger partial charge in [0.15, 0.2) is 17.3 Å². The predicted molar refractivity (Wildman–Crippen MR) is 116 cm³/mol. The maximum absolute atomic E-state index is 12.7. The van der Waals surface area contributed by atoms with Gasteiger partial charge in [-0.1, -0.05) is 30.3 Å². The molecule has 0 fully saturated rings. The summed E-state index contributed by atoms with van der Waals surface area (Å²) in [6.07, 6.45) is 0. The van der Waals surface area contributed by atoms with Crippen molar-refractivity contribution in [1.82, 2.24) is 0 Å². The minimum Gasteiger partial charge on any atom is -0.502 e. The van der Waals surface area contributed by atoms with Crippen molar-refractivity contribution in [3.8, 4) is 28.6 Å². The van der Waals surface area contributed by atoms with Crippen LogP contribution in [0.5, 0.6) is 17.2 Å². The highest BCUT2D eigenvalue weighted by Gasteiger charge is 2.18. The summed E-state index contributed by atoms with van der Waals surface area (Å²) < 4.78 is 17.3. The Balaban J connectivity index is 1.78. The van der Waals surface area contributed by atoms with Gasteiger partial charge in [0.2, 0.25) is 11.2 Å². The Morgan fingerprint density at radius 1 is 0.933 bits per heavy atom. The lowest BCUT2D eigenvalue weighted by Crippen LogP contribution is -2.04. The highest BCUT2D eigenvalue weighted by Crippen LogP contribution is 2.37. The lowest BCUT2D eigenvalue weighted by atomic mass is 10.0. The first-order valence-electron chi connectivity index (χ1n) is 9.60. The summed E-state index contributed by atoms with van der Waals surface area (Å²) in [6.45, 7) is 4.22. The Hall–Kier alpha value is -3.73. The number of hydrogen-bond acceptors (Lipinski definition) is 5. The zero-order chi connectivity index (χ0) is 21.3. The van der Waals surface area contributed by atoms with Crippen molar-refractivity contribution in [2.75, 3.05) is 7.11 Å². The summed E-state index contributed by atoms with van der Waals surface area (Å²) >= 11 is 0. The molecule has 4 rings (SSSR count). The summed E-state index contributed by atoms with van der Waals surface area (Å²) in [5.74, 6) is 0.706. The Kier molecular flexibility index (Phi) is 5.19. The van der Waals surface area contributed by atoms with Gasteiger partial charge in [-0.25, -0.2) is 0 Å². The molecular weight excluding hydrogens is 380 g/mol. The molecule has 30 heavy (non-hydrogen) atoms. The Bertz CT molecular complexity index is 1270. The summed E-state index contributed by atoms with van der Waals surface area (Å²) in [5.41, 5.74) is 3.46. The molecule has 0 saturated heterocycles. The molecule has 0 radical (unpaired) electrons. The van der Waals surface area contributed by atoms with Crippen LogP contribution in [-0.4, -0.2) is 12.2 Å². The third-order valence-electron chi connectivity index (χ3n) is 5.15. The van der Waals surface area contributed by atoms with Gasteiger partial charge >= 0.3 is 0 Å². The lowest BCUT2D eigenvalue weighted by Gasteiger charge is -2.13. The molecule has 4 aromatic rings. The second-order valence-corrected chi connectivity index (χ2v) is 7.18. The van der Waals surface area contributed by atoms with E-state index in [1.807, 2.05) is 50.2 Å². The summed E-state index contributed by atoms with van der Waals surface area (Å²) in [6, 6.07) is 18.5. The molecule has 3 aromatic carbocycles. The molecule has 0 unspecified atom stereocenters. The van der Waals surface area contributed by atoms with Crippen LogP contribution < -0.4 is 14.9 Å². The zero-order valence-electron chi connectivity index (χ0n) is 17.1.